The molecule has 0 aliphatic heterocycles. The maximum atomic E-state index is 13.9. The van der Waals surface area contributed by atoms with Crippen LogP contribution in [0.5, 0.6) is 0 Å². The van der Waals surface area contributed by atoms with Crippen molar-refractivity contribution in [3.8, 4) is 0 Å². The summed E-state index contributed by atoms with van der Waals surface area (Å²) in [5.41, 5.74) is -0.122. The Labute approximate surface area is 211 Å². The number of carboxylic acids is 1. The molecule has 0 unspecified atom stereocenters. The molecule has 0 radical (unpaired) electrons. The zero-order valence-corrected chi connectivity index (χ0v) is 20.8. The normalized spacial score (nSPS) is 12.7. The molecule has 2 N–H and O–H groups in total. The number of carbonyl (C=O) groups is 1. The number of rotatable bonds is 7. The molecule has 0 saturated heterocycles. The molecule has 1 aromatic heterocycles. The zero-order chi connectivity index (χ0) is 27.2. The van der Waals surface area contributed by atoms with Gasteiger partial charge in [-0.3, -0.25) is 0 Å². The summed E-state index contributed by atoms with van der Waals surface area (Å²) in [5.74, 6) is -1.12. The number of aromatic carboxylic acids is 1. The molecule has 4 rings (SSSR count). The van der Waals surface area contributed by atoms with Crippen LogP contribution in [0, 0.1) is 0 Å². The smallest absolute Gasteiger partial charge is 0.416 e. The van der Waals surface area contributed by atoms with Crippen LogP contribution >= 0.6 is 0 Å². The molecule has 0 saturated carbocycles. The van der Waals surface area contributed by atoms with E-state index in [0.717, 1.165) is 22.2 Å². The maximum absolute atomic E-state index is 13.9. The van der Waals surface area contributed by atoms with Gasteiger partial charge in [-0.05, 0) is 59.7 Å². The molecular formula is C27H24F3NO5S. The first-order valence-electron chi connectivity index (χ1n) is 11.2. The van der Waals surface area contributed by atoms with Gasteiger partial charge in [-0.25, -0.2) is 17.2 Å². The van der Waals surface area contributed by atoms with Crippen molar-refractivity contribution in [1.29, 1.82) is 0 Å². The molecule has 4 aromatic rings. The number of fused-ring (bicyclic) bond motifs is 1. The van der Waals surface area contributed by atoms with Gasteiger partial charge in [0.2, 0.25) is 0 Å². The molecule has 10 heteroatoms. The average Bonchev–Trinajstić information content (AvgIpc) is 3.21. The van der Waals surface area contributed by atoms with Crippen LogP contribution in [0.1, 0.15) is 46.6 Å². The summed E-state index contributed by atoms with van der Waals surface area (Å²) in [4.78, 5) is 11.1. The molecule has 0 aliphatic rings. The monoisotopic (exact) mass is 531 g/mol. The van der Waals surface area contributed by atoms with E-state index in [9.17, 15) is 31.5 Å². The van der Waals surface area contributed by atoms with Gasteiger partial charge >= 0.3 is 12.1 Å². The van der Waals surface area contributed by atoms with Gasteiger partial charge in [0, 0.05) is 22.9 Å². The van der Waals surface area contributed by atoms with E-state index in [2.05, 4.69) is 0 Å². The van der Waals surface area contributed by atoms with Gasteiger partial charge in [-0.2, -0.15) is 13.2 Å². The lowest BCUT2D eigenvalue weighted by atomic mass is 9.86. The highest BCUT2D eigenvalue weighted by Crippen LogP contribution is 2.35. The number of carboxylic acid groups (broad SMARTS) is 1. The van der Waals surface area contributed by atoms with Crippen molar-refractivity contribution in [1.82, 2.24) is 3.97 Å². The van der Waals surface area contributed by atoms with Crippen molar-refractivity contribution < 1.29 is 36.6 Å². The predicted molar refractivity (Wildman–Crippen MR) is 132 cm³/mol. The molecule has 0 fully saturated rings. The average molecular weight is 532 g/mol. The predicted octanol–water partition coefficient (Wildman–Crippen LogP) is 5.46. The first-order chi connectivity index (χ1) is 17.2. The Bertz CT molecular complexity index is 1590. The Morgan fingerprint density at radius 2 is 1.59 bits per heavy atom. The lowest BCUT2D eigenvalue weighted by Gasteiger charge is -2.23. The summed E-state index contributed by atoms with van der Waals surface area (Å²) in [7, 11) is -4.27. The van der Waals surface area contributed by atoms with Crippen LogP contribution in [-0.4, -0.2) is 35.2 Å². The van der Waals surface area contributed by atoms with E-state index >= 15 is 0 Å². The second-order valence-electron chi connectivity index (χ2n) is 9.43. The third-order valence-corrected chi connectivity index (χ3v) is 8.05. The third-order valence-electron chi connectivity index (χ3n) is 6.29. The highest BCUT2D eigenvalue weighted by Gasteiger charge is 2.32. The van der Waals surface area contributed by atoms with Crippen molar-refractivity contribution >= 4 is 26.9 Å². The number of halogens is 3. The van der Waals surface area contributed by atoms with Gasteiger partial charge in [0.15, 0.2) is 0 Å². The fraction of sp³-hybridized carbons (Fsp3) is 0.222. The van der Waals surface area contributed by atoms with Crippen LogP contribution in [0.25, 0.3) is 10.9 Å². The minimum absolute atomic E-state index is 0.0248. The van der Waals surface area contributed by atoms with Crippen LogP contribution in [0.15, 0.2) is 77.7 Å². The summed E-state index contributed by atoms with van der Waals surface area (Å²) in [6, 6.07) is 16.2. The van der Waals surface area contributed by atoms with Crippen LogP contribution in [-0.2, 0) is 28.0 Å². The summed E-state index contributed by atoms with van der Waals surface area (Å²) in [6.45, 7) is 3.30. The van der Waals surface area contributed by atoms with Gasteiger partial charge < -0.3 is 10.2 Å². The van der Waals surface area contributed by atoms with Gasteiger partial charge in [-0.1, -0.05) is 38.1 Å². The van der Waals surface area contributed by atoms with Crippen LogP contribution in [0.2, 0.25) is 0 Å². The molecule has 0 amide bonds. The maximum Gasteiger partial charge on any atom is 0.416 e. The summed E-state index contributed by atoms with van der Waals surface area (Å²) in [5, 5.41) is 19.0. The highest BCUT2D eigenvalue weighted by molar-refractivity contribution is 7.90. The van der Waals surface area contributed by atoms with Gasteiger partial charge in [0.25, 0.3) is 10.0 Å². The quantitative estimate of drug-likeness (QED) is 0.330. The molecule has 0 bridgehead atoms. The summed E-state index contributed by atoms with van der Waals surface area (Å²) in [6.07, 6.45) is -4.58. The van der Waals surface area contributed by atoms with E-state index in [1.807, 2.05) is 0 Å². The SMILES string of the molecule is CC(C)(CO)c1cccc(S(=O)(=O)n2c(Cc3ccc(C(=O)O)cc3)cc3cc(C(F)(F)F)ccc32)c1. The molecule has 37 heavy (non-hydrogen) atoms. The van der Waals surface area contributed by atoms with Crippen molar-refractivity contribution in [2.75, 3.05) is 6.61 Å². The fourth-order valence-electron chi connectivity index (χ4n) is 4.08. The number of aromatic nitrogens is 1. The zero-order valence-electron chi connectivity index (χ0n) is 20.0. The Hall–Kier alpha value is -3.63. The fourth-order valence-corrected chi connectivity index (χ4v) is 5.67. The van der Waals surface area contributed by atoms with Gasteiger partial charge in [0.05, 0.1) is 28.1 Å². The largest absolute Gasteiger partial charge is 0.478 e. The number of benzene rings is 3. The van der Waals surface area contributed by atoms with Crippen LogP contribution in [0.3, 0.4) is 0 Å². The molecule has 0 spiro atoms. The number of hydrogen-bond acceptors (Lipinski definition) is 4. The summed E-state index contributed by atoms with van der Waals surface area (Å²) < 4.78 is 69.0. The Kier molecular flexibility index (Phi) is 6.68. The number of hydrogen-bond donors (Lipinski definition) is 2. The molecule has 6 nitrogen and oxygen atoms in total. The second kappa shape index (κ2) is 9.35. The molecule has 0 atom stereocenters. The second-order valence-corrected chi connectivity index (χ2v) is 11.2. The van der Waals surface area contributed by atoms with Crippen LogP contribution in [0.4, 0.5) is 13.2 Å². The van der Waals surface area contributed by atoms with E-state index in [1.165, 1.54) is 42.5 Å². The highest BCUT2D eigenvalue weighted by atomic mass is 32.2. The third kappa shape index (κ3) is 5.12. The topological polar surface area (TPSA) is 96.6 Å². The number of aliphatic hydroxyl groups is 1. The Morgan fingerprint density at radius 3 is 2.19 bits per heavy atom. The van der Waals surface area contributed by atoms with Gasteiger partial charge in [-0.15, -0.1) is 0 Å². The van der Waals surface area contributed by atoms with E-state index in [4.69, 9.17) is 5.11 Å². The van der Waals surface area contributed by atoms with Crippen molar-refractivity contribution in [2.24, 2.45) is 0 Å². The van der Waals surface area contributed by atoms with Crippen LogP contribution < -0.4 is 0 Å². The Balaban J connectivity index is 1.91. The van der Waals surface area contributed by atoms with Gasteiger partial charge in [0.1, 0.15) is 0 Å². The van der Waals surface area contributed by atoms with E-state index < -0.39 is 33.1 Å². The number of aliphatic hydroxyl groups excluding tert-OH is 1. The lowest BCUT2D eigenvalue weighted by molar-refractivity contribution is -0.137. The molecular weight excluding hydrogens is 507 g/mol. The minimum Gasteiger partial charge on any atom is -0.478 e. The first-order valence-corrected chi connectivity index (χ1v) is 12.7. The van der Waals surface area contributed by atoms with E-state index in [-0.39, 0.29) is 40.1 Å². The molecule has 194 valence electrons. The van der Waals surface area contributed by atoms with Crippen molar-refractivity contribution in [2.45, 2.75) is 36.8 Å². The molecule has 1 heterocycles. The minimum atomic E-state index is -4.60. The van der Waals surface area contributed by atoms with E-state index in [0.29, 0.717) is 11.1 Å². The first kappa shape index (κ1) is 26.4. The van der Waals surface area contributed by atoms with Crippen molar-refractivity contribution in [3.05, 3.63) is 101 Å². The molecule has 0 aliphatic carbocycles. The number of nitrogens with zero attached hydrogens (tertiary/aromatic N) is 1. The summed E-state index contributed by atoms with van der Waals surface area (Å²) >= 11 is 0. The standard InChI is InChI=1S/C27H24F3NO5S/c1-26(2,16-32)20-4-3-5-23(15-20)37(35,36)31-22(12-17-6-8-18(9-7-17)25(33)34)14-19-13-21(27(28,29)30)10-11-24(19)31/h3-11,13-15,32H,12,16H2,1-2H3,(H,33,34). The van der Waals surface area contributed by atoms with E-state index in [1.54, 1.807) is 26.0 Å². The molecule has 3 aromatic carbocycles. The van der Waals surface area contributed by atoms with Crippen molar-refractivity contribution in [3.63, 3.8) is 0 Å². The Morgan fingerprint density at radius 1 is 0.919 bits per heavy atom. The number of alkyl halides is 3. The lowest BCUT2D eigenvalue weighted by Crippen LogP contribution is -2.23.